The first-order chi connectivity index (χ1) is 19.9. The van der Waals surface area contributed by atoms with Crippen LogP contribution in [0.15, 0.2) is 82.8 Å². The van der Waals surface area contributed by atoms with Gasteiger partial charge in [-0.25, -0.2) is 9.79 Å². The van der Waals surface area contributed by atoms with Crippen molar-refractivity contribution < 1.29 is 28.9 Å². The van der Waals surface area contributed by atoms with Gasteiger partial charge in [-0.15, -0.1) is 0 Å². The van der Waals surface area contributed by atoms with Crippen LogP contribution in [-0.2, 0) is 16.0 Å². The minimum Gasteiger partial charge on any atom is -0.497 e. The van der Waals surface area contributed by atoms with Crippen molar-refractivity contribution in [2.75, 3.05) is 20.8 Å². The molecule has 4 aromatic rings. The minimum absolute atomic E-state index is 0.206. The summed E-state index contributed by atoms with van der Waals surface area (Å²) in [5, 5.41) is 11.0. The van der Waals surface area contributed by atoms with E-state index in [1.807, 2.05) is 48.7 Å². The van der Waals surface area contributed by atoms with E-state index in [4.69, 9.17) is 19.2 Å². The van der Waals surface area contributed by atoms with E-state index < -0.39 is 12.1 Å². The number of rotatable bonds is 10. The van der Waals surface area contributed by atoms with Crippen molar-refractivity contribution in [3.05, 3.63) is 89.0 Å². The number of aromatic amines is 1. The fourth-order valence-corrected chi connectivity index (χ4v) is 5.44. The highest BCUT2D eigenvalue weighted by Crippen LogP contribution is 2.39. The van der Waals surface area contributed by atoms with Gasteiger partial charge in [0.15, 0.2) is 22.8 Å². The second-order valence-corrected chi connectivity index (χ2v) is 10.3. The number of thioether (sulfide) groups is 1. The zero-order valence-corrected chi connectivity index (χ0v) is 23.6. The normalized spacial score (nSPS) is 16.0. The van der Waals surface area contributed by atoms with Crippen molar-refractivity contribution in [2.24, 2.45) is 4.99 Å². The number of H-pyrrole nitrogens is 1. The van der Waals surface area contributed by atoms with Crippen LogP contribution in [0, 0.1) is 0 Å². The van der Waals surface area contributed by atoms with Gasteiger partial charge < -0.3 is 24.3 Å². The number of ether oxygens (including phenoxy) is 3. The molecule has 0 saturated carbocycles. The predicted molar refractivity (Wildman–Crippen MR) is 160 cm³/mol. The van der Waals surface area contributed by atoms with Gasteiger partial charge in [-0.1, -0.05) is 30.3 Å². The largest absolute Gasteiger partial charge is 0.497 e. The molecule has 1 saturated heterocycles. The van der Waals surface area contributed by atoms with Crippen molar-refractivity contribution in [1.29, 1.82) is 0 Å². The molecular weight excluding hydrogens is 542 g/mol. The summed E-state index contributed by atoms with van der Waals surface area (Å²) in [7, 11) is 3.08. The number of hydrogen-bond donors (Lipinski definition) is 2. The molecule has 1 unspecified atom stereocenters. The Bertz CT molecular complexity index is 1640. The van der Waals surface area contributed by atoms with Crippen LogP contribution in [0.4, 0.5) is 5.69 Å². The number of aliphatic imine (C=N–C) groups is 1. The molecule has 1 aliphatic heterocycles. The Morgan fingerprint density at radius 1 is 1.07 bits per heavy atom. The number of nitrogens with one attached hydrogen (secondary N) is 1. The topological polar surface area (TPSA) is 113 Å². The van der Waals surface area contributed by atoms with Gasteiger partial charge in [0, 0.05) is 29.2 Å². The lowest BCUT2D eigenvalue weighted by molar-refractivity contribution is -0.144. The van der Waals surface area contributed by atoms with Gasteiger partial charge in [-0.3, -0.25) is 9.69 Å². The van der Waals surface area contributed by atoms with Crippen LogP contribution >= 0.6 is 11.8 Å². The highest BCUT2D eigenvalue weighted by molar-refractivity contribution is 8.18. The van der Waals surface area contributed by atoms with Gasteiger partial charge in [0.2, 0.25) is 0 Å². The summed E-state index contributed by atoms with van der Waals surface area (Å²) in [5.74, 6) is 0.00488. The first kappa shape index (κ1) is 27.9. The number of carboxylic acids is 1. The third kappa shape index (κ3) is 6.07. The number of para-hydroxylation sites is 2. The molecule has 0 bridgehead atoms. The fourth-order valence-electron chi connectivity index (χ4n) is 4.43. The molecule has 2 heterocycles. The number of fused-ring (bicyclic) bond motifs is 1. The first-order valence-electron chi connectivity index (χ1n) is 12.9. The summed E-state index contributed by atoms with van der Waals surface area (Å²) in [6.07, 6.45) is 3.16. The average Bonchev–Trinajstić information content (AvgIpc) is 3.53. The molecule has 41 heavy (non-hydrogen) atoms. The Balaban J connectivity index is 1.50. The molecule has 210 valence electrons. The summed E-state index contributed by atoms with van der Waals surface area (Å²) in [6, 6.07) is 20.5. The lowest BCUT2D eigenvalue weighted by atomic mass is 10.1. The summed E-state index contributed by atoms with van der Waals surface area (Å²) >= 11 is 1.25. The first-order valence-corrected chi connectivity index (χ1v) is 13.7. The van der Waals surface area contributed by atoms with Gasteiger partial charge in [-0.05, 0) is 73.1 Å². The standard InChI is InChI=1S/C31H29N3O6S/c1-19(30(36)37)40-28-20(7-6-10-26(28)39-3)17-27-29(35)34(16-15-21-18-32-25-9-5-4-8-24(21)25)31(41-27)33-22-11-13-23(38-2)14-12-22/h4-14,17-19,32H,15-16H2,1-3H3,(H,36,37)/b27-17-,33-31?. The Morgan fingerprint density at radius 2 is 1.85 bits per heavy atom. The Morgan fingerprint density at radius 3 is 2.59 bits per heavy atom. The van der Waals surface area contributed by atoms with Gasteiger partial charge >= 0.3 is 5.97 Å². The maximum absolute atomic E-state index is 13.8. The lowest BCUT2D eigenvalue weighted by Gasteiger charge is -2.16. The van der Waals surface area contributed by atoms with E-state index in [2.05, 4.69) is 11.1 Å². The minimum atomic E-state index is -1.12. The summed E-state index contributed by atoms with van der Waals surface area (Å²) in [5.41, 5.74) is 3.35. The molecular formula is C31H29N3O6S. The Hall–Kier alpha value is -4.70. The molecule has 1 atom stereocenters. The number of benzene rings is 3. The molecule has 5 rings (SSSR count). The predicted octanol–water partition coefficient (Wildman–Crippen LogP) is 5.88. The molecule has 0 radical (unpaired) electrons. The highest BCUT2D eigenvalue weighted by Gasteiger charge is 2.34. The third-order valence-corrected chi connectivity index (χ3v) is 7.63. The maximum atomic E-state index is 13.8. The van der Waals surface area contributed by atoms with Crippen LogP contribution in [0.2, 0.25) is 0 Å². The number of nitrogens with zero attached hydrogens (tertiary/aromatic N) is 2. The van der Waals surface area contributed by atoms with Gasteiger partial charge in [0.1, 0.15) is 5.75 Å². The van der Waals surface area contributed by atoms with Crippen molar-refractivity contribution in [3.8, 4) is 17.2 Å². The summed E-state index contributed by atoms with van der Waals surface area (Å²) in [6.45, 7) is 1.85. The SMILES string of the molecule is COc1ccc(N=C2S/C(=C\c3cccc(OC)c3OC(C)C(=O)O)C(=O)N2CCc2c[nH]c3ccccc23)cc1. The maximum Gasteiger partial charge on any atom is 0.344 e. The molecule has 1 fully saturated rings. The van der Waals surface area contributed by atoms with Gasteiger partial charge in [0.25, 0.3) is 5.91 Å². The van der Waals surface area contributed by atoms with E-state index >= 15 is 0 Å². The highest BCUT2D eigenvalue weighted by atomic mass is 32.2. The number of hydrogen-bond acceptors (Lipinski definition) is 7. The second kappa shape index (κ2) is 12.2. The summed E-state index contributed by atoms with van der Waals surface area (Å²) in [4.78, 5) is 35.5. The van der Waals surface area contributed by atoms with Crippen LogP contribution in [0.5, 0.6) is 17.2 Å². The smallest absolute Gasteiger partial charge is 0.344 e. The number of methoxy groups -OCH3 is 2. The van der Waals surface area contributed by atoms with E-state index in [0.717, 1.165) is 16.5 Å². The molecule has 1 aliphatic rings. The van der Waals surface area contributed by atoms with Crippen LogP contribution in [0.1, 0.15) is 18.1 Å². The van der Waals surface area contributed by atoms with Gasteiger partial charge in [0.05, 0.1) is 24.8 Å². The molecule has 0 spiro atoms. The van der Waals surface area contributed by atoms with E-state index in [0.29, 0.717) is 45.8 Å². The number of amidine groups is 1. The number of carbonyl (C=O) groups excluding carboxylic acids is 1. The van der Waals surface area contributed by atoms with Crippen molar-refractivity contribution >= 4 is 51.5 Å². The van der Waals surface area contributed by atoms with Crippen LogP contribution < -0.4 is 14.2 Å². The number of carboxylic acid groups (broad SMARTS) is 1. The number of aliphatic carboxylic acids is 1. The van der Waals surface area contributed by atoms with E-state index in [-0.39, 0.29) is 11.7 Å². The quantitative estimate of drug-likeness (QED) is 0.228. The summed E-state index contributed by atoms with van der Waals surface area (Å²) < 4.78 is 16.4. The molecule has 1 amide bonds. The van der Waals surface area contributed by atoms with E-state index in [9.17, 15) is 14.7 Å². The number of amides is 1. The van der Waals surface area contributed by atoms with Crippen LogP contribution in [0.3, 0.4) is 0 Å². The van der Waals surface area contributed by atoms with Crippen molar-refractivity contribution in [2.45, 2.75) is 19.4 Å². The molecule has 9 nitrogen and oxygen atoms in total. The molecule has 0 aliphatic carbocycles. The second-order valence-electron chi connectivity index (χ2n) is 9.25. The number of carbonyl (C=O) groups is 2. The average molecular weight is 572 g/mol. The molecule has 2 N–H and O–H groups in total. The van der Waals surface area contributed by atoms with Gasteiger partial charge in [-0.2, -0.15) is 0 Å². The zero-order chi connectivity index (χ0) is 28.9. The third-order valence-electron chi connectivity index (χ3n) is 6.62. The Kier molecular flexibility index (Phi) is 8.30. The van der Waals surface area contributed by atoms with Crippen molar-refractivity contribution in [1.82, 2.24) is 9.88 Å². The van der Waals surface area contributed by atoms with E-state index in [1.165, 1.54) is 25.8 Å². The van der Waals surface area contributed by atoms with Crippen LogP contribution in [-0.4, -0.2) is 58.9 Å². The molecule has 3 aromatic carbocycles. The van der Waals surface area contributed by atoms with E-state index in [1.54, 1.807) is 36.3 Å². The molecule has 10 heteroatoms. The fraction of sp³-hybridized carbons (Fsp3) is 0.194. The monoisotopic (exact) mass is 571 g/mol. The van der Waals surface area contributed by atoms with Crippen LogP contribution in [0.25, 0.3) is 17.0 Å². The Labute approximate surface area is 241 Å². The lowest BCUT2D eigenvalue weighted by Crippen LogP contribution is -2.31. The number of aromatic nitrogens is 1. The zero-order valence-electron chi connectivity index (χ0n) is 22.8. The molecule has 1 aromatic heterocycles. The van der Waals surface area contributed by atoms with Crippen molar-refractivity contribution in [3.63, 3.8) is 0 Å².